The molecule has 0 aliphatic heterocycles. The third kappa shape index (κ3) is 4.27. The van der Waals surface area contributed by atoms with E-state index in [0.29, 0.717) is 28.2 Å². The number of carbonyl (C=O) groups is 1. The first-order chi connectivity index (χ1) is 8.45. The first-order valence-corrected chi connectivity index (χ1v) is 6.93. The third-order valence-electron chi connectivity index (χ3n) is 2.82. The molecule has 1 rings (SSSR count). The highest BCUT2D eigenvalue weighted by Crippen LogP contribution is 2.21. The standard InChI is InChI=1S/C14H19Cl2NO/c1-4-7-17(10(2)3)9-14(18)12-6-5-11(15)8-13(12)16/h5-6,8,10H,4,7,9H2,1-3H3. The van der Waals surface area contributed by atoms with E-state index in [-0.39, 0.29) is 5.78 Å². The number of halogens is 2. The van der Waals surface area contributed by atoms with Crippen molar-refractivity contribution in [2.75, 3.05) is 13.1 Å². The molecule has 2 nitrogen and oxygen atoms in total. The highest BCUT2D eigenvalue weighted by atomic mass is 35.5. The predicted octanol–water partition coefficient (Wildman–Crippen LogP) is 4.30. The van der Waals surface area contributed by atoms with Gasteiger partial charge in [0.1, 0.15) is 0 Å². The average molecular weight is 288 g/mol. The van der Waals surface area contributed by atoms with Crippen LogP contribution in [0.4, 0.5) is 0 Å². The van der Waals surface area contributed by atoms with Gasteiger partial charge in [0.05, 0.1) is 11.6 Å². The summed E-state index contributed by atoms with van der Waals surface area (Å²) in [6, 6.07) is 5.34. The van der Waals surface area contributed by atoms with Crippen molar-refractivity contribution in [1.82, 2.24) is 4.90 Å². The average Bonchev–Trinajstić information content (AvgIpc) is 2.27. The predicted molar refractivity (Wildman–Crippen MR) is 77.8 cm³/mol. The number of Topliss-reactive ketones (excluding diaryl/α,β-unsaturated/α-hetero) is 1. The Morgan fingerprint density at radius 2 is 2.00 bits per heavy atom. The van der Waals surface area contributed by atoms with Crippen LogP contribution in [-0.4, -0.2) is 29.8 Å². The minimum absolute atomic E-state index is 0.0406. The molecule has 0 bridgehead atoms. The highest BCUT2D eigenvalue weighted by Gasteiger charge is 2.16. The van der Waals surface area contributed by atoms with E-state index in [1.54, 1.807) is 18.2 Å². The van der Waals surface area contributed by atoms with Gasteiger partial charge in [-0.05, 0) is 45.0 Å². The molecule has 0 spiro atoms. The molecule has 0 aliphatic carbocycles. The number of hydrogen-bond donors (Lipinski definition) is 0. The van der Waals surface area contributed by atoms with Gasteiger partial charge in [0.25, 0.3) is 0 Å². The first kappa shape index (κ1) is 15.5. The van der Waals surface area contributed by atoms with Crippen LogP contribution in [0.3, 0.4) is 0 Å². The van der Waals surface area contributed by atoms with Crippen molar-refractivity contribution in [3.05, 3.63) is 33.8 Å². The van der Waals surface area contributed by atoms with Crippen molar-refractivity contribution in [2.24, 2.45) is 0 Å². The maximum Gasteiger partial charge on any atom is 0.178 e. The summed E-state index contributed by atoms with van der Waals surface area (Å²) in [5.41, 5.74) is 0.544. The molecule has 18 heavy (non-hydrogen) atoms. The maximum atomic E-state index is 12.2. The van der Waals surface area contributed by atoms with Gasteiger partial charge in [-0.25, -0.2) is 0 Å². The fraction of sp³-hybridized carbons (Fsp3) is 0.500. The fourth-order valence-electron chi connectivity index (χ4n) is 1.79. The van der Waals surface area contributed by atoms with Crippen molar-refractivity contribution < 1.29 is 4.79 Å². The van der Waals surface area contributed by atoms with E-state index < -0.39 is 0 Å². The Bertz CT molecular complexity index is 418. The Morgan fingerprint density at radius 3 is 2.50 bits per heavy atom. The van der Waals surface area contributed by atoms with Crippen molar-refractivity contribution >= 4 is 29.0 Å². The van der Waals surface area contributed by atoms with Crippen molar-refractivity contribution in [3.63, 3.8) is 0 Å². The van der Waals surface area contributed by atoms with Gasteiger partial charge in [0, 0.05) is 16.6 Å². The monoisotopic (exact) mass is 287 g/mol. The number of rotatable bonds is 6. The quantitative estimate of drug-likeness (QED) is 0.727. The molecule has 0 aromatic heterocycles. The summed E-state index contributed by atoms with van der Waals surface area (Å²) >= 11 is 11.9. The second-order valence-corrected chi connectivity index (χ2v) is 5.46. The van der Waals surface area contributed by atoms with Crippen LogP contribution in [0, 0.1) is 0 Å². The molecule has 100 valence electrons. The van der Waals surface area contributed by atoms with Gasteiger partial charge < -0.3 is 0 Å². The van der Waals surface area contributed by atoms with Crippen LogP contribution >= 0.6 is 23.2 Å². The summed E-state index contributed by atoms with van der Waals surface area (Å²) in [6.07, 6.45) is 1.03. The molecule has 4 heteroatoms. The van der Waals surface area contributed by atoms with E-state index in [9.17, 15) is 4.79 Å². The highest BCUT2D eigenvalue weighted by molar-refractivity contribution is 6.36. The maximum absolute atomic E-state index is 12.2. The van der Waals surface area contributed by atoms with Gasteiger partial charge in [-0.1, -0.05) is 30.1 Å². The van der Waals surface area contributed by atoms with Crippen LogP contribution in [0.25, 0.3) is 0 Å². The Kier molecular flexibility index (Phi) is 6.13. The largest absolute Gasteiger partial charge is 0.293 e. The van der Waals surface area contributed by atoms with Crippen LogP contribution in [-0.2, 0) is 0 Å². The van der Waals surface area contributed by atoms with Crippen LogP contribution in [0.15, 0.2) is 18.2 Å². The van der Waals surface area contributed by atoms with Gasteiger partial charge in [-0.3, -0.25) is 9.69 Å². The Hall–Kier alpha value is -0.570. The van der Waals surface area contributed by atoms with Crippen LogP contribution in [0.1, 0.15) is 37.6 Å². The van der Waals surface area contributed by atoms with E-state index >= 15 is 0 Å². The molecule has 0 unspecified atom stereocenters. The molecule has 1 aromatic carbocycles. The van der Waals surface area contributed by atoms with Gasteiger partial charge in [-0.15, -0.1) is 0 Å². The van der Waals surface area contributed by atoms with Crippen molar-refractivity contribution in [1.29, 1.82) is 0 Å². The lowest BCUT2D eigenvalue weighted by Crippen LogP contribution is -2.36. The smallest absolute Gasteiger partial charge is 0.178 e. The first-order valence-electron chi connectivity index (χ1n) is 6.18. The zero-order valence-corrected chi connectivity index (χ0v) is 12.6. The fourth-order valence-corrected chi connectivity index (χ4v) is 2.31. The zero-order valence-electron chi connectivity index (χ0n) is 11.0. The molecular weight excluding hydrogens is 269 g/mol. The van der Waals surface area contributed by atoms with Gasteiger partial charge in [-0.2, -0.15) is 0 Å². The Labute approximate surface area is 119 Å². The normalized spacial score (nSPS) is 11.3. The second kappa shape index (κ2) is 7.13. The van der Waals surface area contributed by atoms with Crippen LogP contribution in [0.2, 0.25) is 10.0 Å². The number of nitrogens with zero attached hydrogens (tertiary/aromatic N) is 1. The molecule has 0 heterocycles. The van der Waals surface area contributed by atoms with E-state index in [1.165, 1.54) is 0 Å². The molecule has 0 radical (unpaired) electrons. The van der Waals surface area contributed by atoms with Crippen molar-refractivity contribution in [2.45, 2.75) is 33.2 Å². The molecule has 0 saturated carbocycles. The third-order valence-corrected chi connectivity index (χ3v) is 3.37. The summed E-state index contributed by atoms with van der Waals surface area (Å²) in [6.45, 7) is 7.59. The number of carbonyl (C=O) groups excluding carboxylic acids is 1. The molecule has 0 aliphatic rings. The van der Waals surface area contributed by atoms with Gasteiger partial charge in [0.15, 0.2) is 5.78 Å². The SMILES string of the molecule is CCCN(CC(=O)c1ccc(Cl)cc1Cl)C(C)C. The Morgan fingerprint density at radius 1 is 1.33 bits per heavy atom. The molecule has 0 saturated heterocycles. The number of ketones is 1. The van der Waals surface area contributed by atoms with Gasteiger partial charge >= 0.3 is 0 Å². The molecule has 0 fully saturated rings. The molecule has 0 atom stereocenters. The summed E-state index contributed by atoms with van der Waals surface area (Å²) in [5, 5.41) is 0.971. The summed E-state index contributed by atoms with van der Waals surface area (Å²) in [7, 11) is 0. The van der Waals surface area contributed by atoms with Crippen molar-refractivity contribution in [3.8, 4) is 0 Å². The van der Waals surface area contributed by atoms with Crippen LogP contribution < -0.4 is 0 Å². The van der Waals surface area contributed by atoms with E-state index in [1.807, 2.05) is 0 Å². The molecular formula is C14H19Cl2NO. The lowest BCUT2D eigenvalue weighted by molar-refractivity contribution is 0.0906. The molecule has 0 N–H and O–H groups in total. The lowest BCUT2D eigenvalue weighted by Gasteiger charge is -2.25. The minimum atomic E-state index is 0.0406. The van der Waals surface area contributed by atoms with E-state index in [2.05, 4.69) is 25.7 Å². The number of hydrogen-bond acceptors (Lipinski definition) is 2. The van der Waals surface area contributed by atoms with E-state index in [0.717, 1.165) is 13.0 Å². The minimum Gasteiger partial charge on any atom is -0.293 e. The van der Waals surface area contributed by atoms with Gasteiger partial charge in [0.2, 0.25) is 0 Å². The molecule has 0 amide bonds. The summed E-state index contributed by atoms with van der Waals surface area (Å²) < 4.78 is 0. The Balaban J connectivity index is 2.80. The topological polar surface area (TPSA) is 20.3 Å². The summed E-state index contributed by atoms with van der Waals surface area (Å²) in [5.74, 6) is 0.0406. The second-order valence-electron chi connectivity index (χ2n) is 4.61. The number of benzene rings is 1. The summed E-state index contributed by atoms with van der Waals surface area (Å²) in [4.78, 5) is 14.3. The zero-order chi connectivity index (χ0) is 13.7. The lowest BCUT2D eigenvalue weighted by atomic mass is 10.1. The molecule has 1 aromatic rings. The van der Waals surface area contributed by atoms with Crippen LogP contribution in [0.5, 0.6) is 0 Å². The van der Waals surface area contributed by atoms with E-state index in [4.69, 9.17) is 23.2 Å².